The van der Waals surface area contributed by atoms with Gasteiger partial charge in [-0.2, -0.15) is 0 Å². The van der Waals surface area contributed by atoms with Gasteiger partial charge in [-0.25, -0.2) is 23.7 Å². The van der Waals surface area contributed by atoms with E-state index in [1.165, 1.54) is 11.7 Å². The summed E-state index contributed by atoms with van der Waals surface area (Å²) in [6, 6.07) is 10.5. The first-order chi connectivity index (χ1) is 16.9. The lowest BCUT2D eigenvalue weighted by atomic mass is 10.0. The van der Waals surface area contributed by atoms with Crippen LogP contribution in [0.25, 0.3) is 16.7 Å². The number of likely N-dealkylation sites (tertiary alicyclic amines) is 1. The molecule has 5 rings (SSSR count). The zero-order valence-electron chi connectivity index (χ0n) is 19.9. The minimum Gasteiger partial charge on any atom is -0.465 e. The van der Waals surface area contributed by atoms with Crippen LogP contribution in [0.2, 0.25) is 0 Å². The molecule has 3 heterocycles. The van der Waals surface area contributed by atoms with Crippen molar-refractivity contribution in [3.8, 4) is 5.69 Å². The van der Waals surface area contributed by atoms with Gasteiger partial charge in [0.1, 0.15) is 6.54 Å². The highest BCUT2D eigenvalue weighted by Gasteiger charge is 2.31. The molecule has 1 aromatic carbocycles. The molecule has 1 atom stereocenters. The fraction of sp³-hybridized carbons (Fsp3) is 0.423. The number of ether oxygens (including phenoxy) is 1. The average molecular weight is 477 g/mol. The number of esters is 1. The molecule has 1 aliphatic heterocycles. The molecule has 2 aliphatic rings. The Balaban J connectivity index is 1.77. The Labute approximate surface area is 202 Å². The van der Waals surface area contributed by atoms with Crippen LogP contribution < -0.4 is 11.2 Å². The van der Waals surface area contributed by atoms with E-state index in [0.717, 1.165) is 36.7 Å². The standard InChI is InChI=1S/C26H28N4O5/c1-16-8-6-7-13-28(16)21(31)15-29-24(32)22-19(25(33)35-2)14-20(17-11-12-17)27-23(22)30(26(29)34)18-9-4-3-5-10-18/h3-5,9-10,14,16-17H,6-8,11-13,15H2,1-2H3/t16-/m1/s1. The Bertz CT molecular complexity index is 1420. The summed E-state index contributed by atoms with van der Waals surface area (Å²) < 4.78 is 7.23. The minimum atomic E-state index is -0.717. The fourth-order valence-corrected chi connectivity index (χ4v) is 4.86. The topological polar surface area (TPSA) is 104 Å². The Kier molecular flexibility index (Phi) is 6.00. The van der Waals surface area contributed by atoms with E-state index in [2.05, 4.69) is 4.98 Å². The van der Waals surface area contributed by atoms with Crippen molar-refractivity contribution in [3.05, 3.63) is 68.5 Å². The van der Waals surface area contributed by atoms with Crippen LogP contribution in [0, 0.1) is 0 Å². The maximum absolute atomic E-state index is 13.8. The van der Waals surface area contributed by atoms with Crippen molar-refractivity contribution in [3.63, 3.8) is 0 Å². The molecule has 1 aliphatic carbocycles. The van der Waals surface area contributed by atoms with Crippen molar-refractivity contribution in [1.29, 1.82) is 0 Å². The third-order valence-electron chi connectivity index (χ3n) is 6.95. The van der Waals surface area contributed by atoms with Crippen LogP contribution in [-0.4, -0.2) is 50.6 Å². The van der Waals surface area contributed by atoms with Crippen LogP contribution in [0.15, 0.2) is 46.0 Å². The monoisotopic (exact) mass is 476 g/mol. The van der Waals surface area contributed by atoms with Gasteiger partial charge in [0, 0.05) is 24.2 Å². The van der Waals surface area contributed by atoms with Crippen molar-refractivity contribution < 1.29 is 14.3 Å². The van der Waals surface area contributed by atoms with Crippen molar-refractivity contribution >= 4 is 22.9 Å². The third-order valence-corrected chi connectivity index (χ3v) is 6.95. The van der Waals surface area contributed by atoms with Gasteiger partial charge >= 0.3 is 11.7 Å². The molecule has 35 heavy (non-hydrogen) atoms. The SMILES string of the molecule is COC(=O)c1cc(C2CC2)nc2c1c(=O)n(CC(=O)N1CCCC[C@H]1C)c(=O)n2-c1ccccc1. The number of pyridine rings is 1. The van der Waals surface area contributed by atoms with E-state index in [4.69, 9.17) is 4.74 Å². The predicted molar refractivity (Wildman–Crippen MR) is 130 cm³/mol. The van der Waals surface area contributed by atoms with E-state index in [1.54, 1.807) is 35.2 Å². The number of nitrogens with zero attached hydrogens (tertiary/aromatic N) is 4. The summed E-state index contributed by atoms with van der Waals surface area (Å²) in [6.45, 7) is 2.16. The quantitative estimate of drug-likeness (QED) is 0.525. The summed E-state index contributed by atoms with van der Waals surface area (Å²) in [4.78, 5) is 59.8. The smallest absolute Gasteiger partial charge is 0.338 e. The molecule has 0 bridgehead atoms. The number of hydrogen-bond acceptors (Lipinski definition) is 6. The van der Waals surface area contributed by atoms with Crippen LogP contribution in [-0.2, 0) is 16.1 Å². The molecule has 2 aromatic heterocycles. The molecule has 0 unspecified atom stereocenters. The van der Waals surface area contributed by atoms with Gasteiger partial charge in [-0.05, 0) is 57.2 Å². The molecule has 0 radical (unpaired) electrons. The number of methoxy groups -OCH3 is 1. The third kappa shape index (κ3) is 4.15. The van der Waals surface area contributed by atoms with Crippen molar-refractivity contribution in [2.24, 2.45) is 0 Å². The molecular weight excluding hydrogens is 448 g/mol. The van der Waals surface area contributed by atoms with Crippen LogP contribution in [0.5, 0.6) is 0 Å². The molecule has 0 spiro atoms. The summed E-state index contributed by atoms with van der Waals surface area (Å²) in [5, 5.41) is -0.0239. The summed E-state index contributed by atoms with van der Waals surface area (Å²) in [7, 11) is 1.25. The highest BCUT2D eigenvalue weighted by molar-refractivity contribution is 6.02. The van der Waals surface area contributed by atoms with Gasteiger partial charge < -0.3 is 9.64 Å². The summed E-state index contributed by atoms with van der Waals surface area (Å²) in [5.74, 6) is -0.804. The summed E-state index contributed by atoms with van der Waals surface area (Å²) >= 11 is 0. The van der Waals surface area contributed by atoms with Gasteiger partial charge in [0.25, 0.3) is 5.56 Å². The fourth-order valence-electron chi connectivity index (χ4n) is 4.86. The Morgan fingerprint density at radius 2 is 1.83 bits per heavy atom. The van der Waals surface area contributed by atoms with Crippen LogP contribution in [0.4, 0.5) is 0 Å². The second kappa shape index (κ2) is 9.13. The average Bonchev–Trinajstić information content (AvgIpc) is 3.72. The number of fused-ring (bicyclic) bond motifs is 1. The lowest BCUT2D eigenvalue weighted by Crippen LogP contribution is -2.48. The number of para-hydroxylation sites is 1. The molecule has 182 valence electrons. The number of piperidine rings is 1. The summed E-state index contributed by atoms with van der Waals surface area (Å²) in [5.41, 5.74) is -0.0790. The Morgan fingerprint density at radius 3 is 2.49 bits per heavy atom. The van der Waals surface area contributed by atoms with Crippen molar-refractivity contribution in [2.45, 2.75) is 57.5 Å². The highest BCUT2D eigenvalue weighted by atomic mass is 16.5. The molecule has 2 fully saturated rings. The second-order valence-corrected chi connectivity index (χ2v) is 9.34. The number of amides is 1. The molecule has 9 nitrogen and oxygen atoms in total. The lowest BCUT2D eigenvalue weighted by molar-refractivity contribution is -0.135. The van der Waals surface area contributed by atoms with E-state index >= 15 is 0 Å². The first kappa shape index (κ1) is 23.0. The first-order valence-corrected chi connectivity index (χ1v) is 12.0. The van der Waals surface area contributed by atoms with Gasteiger partial charge in [0.15, 0.2) is 5.65 Å². The van der Waals surface area contributed by atoms with E-state index in [1.807, 2.05) is 13.0 Å². The first-order valence-electron chi connectivity index (χ1n) is 12.0. The summed E-state index contributed by atoms with van der Waals surface area (Å²) in [6.07, 6.45) is 4.66. The number of rotatable bonds is 5. The number of benzene rings is 1. The molecule has 1 saturated heterocycles. The largest absolute Gasteiger partial charge is 0.465 e. The van der Waals surface area contributed by atoms with Gasteiger partial charge in [0.05, 0.1) is 23.7 Å². The lowest BCUT2D eigenvalue weighted by Gasteiger charge is -2.33. The number of aromatic nitrogens is 3. The minimum absolute atomic E-state index is 0.0239. The molecule has 1 saturated carbocycles. The Morgan fingerprint density at radius 1 is 1.09 bits per heavy atom. The van der Waals surface area contributed by atoms with Crippen molar-refractivity contribution in [2.75, 3.05) is 13.7 Å². The molecule has 3 aromatic rings. The van der Waals surface area contributed by atoms with Gasteiger partial charge in [0.2, 0.25) is 5.91 Å². The van der Waals surface area contributed by atoms with Gasteiger partial charge in [-0.15, -0.1) is 0 Å². The molecular formula is C26H28N4O5. The predicted octanol–water partition coefficient (Wildman–Crippen LogP) is 2.61. The van der Waals surface area contributed by atoms with E-state index in [9.17, 15) is 19.2 Å². The van der Waals surface area contributed by atoms with Crippen molar-refractivity contribution in [1.82, 2.24) is 19.0 Å². The van der Waals surface area contributed by atoms with Gasteiger partial charge in [-0.1, -0.05) is 18.2 Å². The molecule has 9 heteroatoms. The van der Waals surface area contributed by atoms with Gasteiger partial charge in [-0.3, -0.25) is 9.59 Å². The van der Waals surface area contributed by atoms with E-state index in [-0.39, 0.29) is 34.5 Å². The number of hydrogen-bond donors (Lipinski definition) is 0. The van der Waals surface area contributed by atoms with Crippen LogP contribution >= 0.6 is 0 Å². The van der Waals surface area contributed by atoms with E-state index < -0.39 is 23.8 Å². The number of carbonyl (C=O) groups excluding carboxylic acids is 2. The van der Waals surface area contributed by atoms with Crippen LogP contribution in [0.3, 0.4) is 0 Å². The molecule has 1 amide bonds. The van der Waals surface area contributed by atoms with E-state index in [0.29, 0.717) is 17.9 Å². The highest BCUT2D eigenvalue weighted by Crippen LogP contribution is 2.40. The Hall–Kier alpha value is -3.75. The second-order valence-electron chi connectivity index (χ2n) is 9.34. The number of carbonyl (C=O) groups is 2. The zero-order chi connectivity index (χ0) is 24.7. The maximum Gasteiger partial charge on any atom is 0.338 e. The van der Waals surface area contributed by atoms with Crippen LogP contribution in [0.1, 0.15) is 61.0 Å². The molecule has 0 N–H and O–H groups in total. The maximum atomic E-state index is 13.8. The zero-order valence-corrected chi connectivity index (χ0v) is 19.9. The normalized spacial score (nSPS) is 18.0.